The molecule has 0 aliphatic carbocycles. The quantitative estimate of drug-likeness (QED) is 0.779. The summed E-state index contributed by atoms with van der Waals surface area (Å²) in [6.45, 7) is 0.668. The summed E-state index contributed by atoms with van der Waals surface area (Å²) in [7, 11) is 0. The highest BCUT2D eigenvalue weighted by atomic mass is 14.9. The Morgan fingerprint density at radius 1 is 1.00 bits per heavy atom. The van der Waals surface area contributed by atoms with E-state index in [1.54, 1.807) is 6.20 Å². The Morgan fingerprint density at radius 2 is 1.85 bits per heavy atom. The topological polar surface area (TPSA) is 48.7 Å². The van der Waals surface area contributed by atoms with Gasteiger partial charge in [0.1, 0.15) is 6.07 Å². The number of anilines is 1. The minimum Gasteiger partial charge on any atom is -0.379 e. The summed E-state index contributed by atoms with van der Waals surface area (Å²) >= 11 is 0. The molecule has 0 atom stereocenters. The molecule has 0 saturated heterocycles. The molecule has 96 valence electrons. The fraction of sp³-hybridized carbons (Fsp3) is 0.0588. The van der Waals surface area contributed by atoms with Crippen LogP contribution in [0.25, 0.3) is 10.8 Å². The molecular weight excluding hydrogens is 246 g/mol. The predicted octanol–water partition coefficient (Wildman–Crippen LogP) is 3.72. The first-order valence-electron chi connectivity index (χ1n) is 6.44. The molecule has 0 aliphatic rings. The van der Waals surface area contributed by atoms with Crippen molar-refractivity contribution in [1.29, 1.82) is 5.26 Å². The van der Waals surface area contributed by atoms with Gasteiger partial charge in [-0.05, 0) is 28.5 Å². The van der Waals surface area contributed by atoms with Crippen molar-refractivity contribution < 1.29 is 0 Å². The Bertz CT molecular complexity index is 782. The summed E-state index contributed by atoms with van der Waals surface area (Å²) in [6.07, 6.45) is 1.63. The van der Waals surface area contributed by atoms with Crippen LogP contribution in [-0.4, -0.2) is 4.98 Å². The zero-order valence-electron chi connectivity index (χ0n) is 10.9. The molecule has 1 heterocycles. The minimum atomic E-state index is 0.424. The normalized spacial score (nSPS) is 10.2. The second kappa shape index (κ2) is 5.41. The van der Waals surface area contributed by atoms with Crippen LogP contribution >= 0.6 is 0 Å². The van der Waals surface area contributed by atoms with E-state index >= 15 is 0 Å². The first kappa shape index (κ1) is 12.2. The lowest BCUT2D eigenvalue weighted by atomic mass is 10.0. The minimum absolute atomic E-state index is 0.424. The molecule has 0 fully saturated rings. The van der Waals surface area contributed by atoms with Crippen LogP contribution in [0.5, 0.6) is 0 Å². The molecule has 3 nitrogen and oxygen atoms in total. The van der Waals surface area contributed by atoms with Crippen LogP contribution in [-0.2, 0) is 6.54 Å². The fourth-order valence-corrected chi connectivity index (χ4v) is 2.27. The number of nitriles is 1. The van der Waals surface area contributed by atoms with E-state index < -0.39 is 0 Å². The first-order chi connectivity index (χ1) is 9.88. The first-order valence-corrected chi connectivity index (χ1v) is 6.44. The molecule has 0 saturated carbocycles. The van der Waals surface area contributed by atoms with Crippen LogP contribution in [0.1, 0.15) is 11.3 Å². The summed E-state index contributed by atoms with van der Waals surface area (Å²) in [6, 6.07) is 20.3. The van der Waals surface area contributed by atoms with Crippen molar-refractivity contribution in [2.24, 2.45) is 0 Å². The van der Waals surface area contributed by atoms with E-state index in [0.717, 1.165) is 5.69 Å². The van der Waals surface area contributed by atoms with Crippen LogP contribution in [0, 0.1) is 11.3 Å². The van der Waals surface area contributed by atoms with Crippen molar-refractivity contribution in [3.05, 3.63) is 72.1 Å². The van der Waals surface area contributed by atoms with Crippen LogP contribution in [0.3, 0.4) is 0 Å². The van der Waals surface area contributed by atoms with Gasteiger partial charge in [0.05, 0.1) is 5.69 Å². The molecule has 1 aromatic heterocycles. The average Bonchev–Trinajstić information content (AvgIpc) is 2.53. The number of rotatable bonds is 3. The number of nitrogens with one attached hydrogen (secondary N) is 1. The van der Waals surface area contributed by atoms with Gasteiger partial charge >= 0.3 is 0 Å². The van der Waals surface area contributed by atoms with Crippen molar-refractivity contribution in [2.45, 2.75) is 6.54 Å². The maximum Gasteiger partial charge on any atom is 0.163 e. The number of nitrogens with zero attached hydrogens (tertiary/aromatic N) is 2. The largest absolute Gasteiger partial charge is 0.379 e. The Morgan fingerprint density at radius 3 is 2.75 bits per heavy atom. The predicted molar refractivity (Wildman–Crippen MR) is 80.2 cm³/mol. The summed E-state index contributed by atoms with van der Waals surface area (Å²) < 4.78 is 0. The van der Waals surface area contributed by atoms with Gasteiger partial charge in [-0.1, -0.05) is 42.5 Å². The van der Waals surface area contributed by atoms with E-state index in [1.165, 1.54) is 16.3 Å². The number of aromatic nitrogens is 1. The highest BCUT2D eigenvalue weighted by molar-refractivity contribution is 5.85. The lowest BCUT2D eigenvalue weighted by Gasteiger charge is -2.10. The molecule has 0 amide bonds. The number of fused-ring (bicyclic) bond motifs is 1. The van der Waals surface area contributed by atoms with Gasteiger partial charge in [-0.15, -0.1) is 0 Å². The number of pyridine rings is 1. The average molecular weight is 259 g/mol. The van der Waals surface area contributed by atoms with Crippen molar-refractivity contribution in [2.75, 3.05) is 5.32 Å². The van der Waals surface area contributed by atoms with Gasteiger partial charge in [-0.25, -0.2) is 4.98 Å². The maximum absolute atomic E-state index is 9.03. The molecule has 0 unspecified atom stereocenters. The fourth-order valence-electron chi connectivity index (χ4n) is 2.27. The third-order valence-electron chi connectivity index (χ3n) is 3.26. The molecule has 1 N–H and O–H groups in total. The second-order valence-corrected chi connectivity index (χ2v) is 4.50. The molecule has 0 radical (unpaired) electrons. The Hall–Kier alpha value is -2.86. The summed E-state index contributed by atoms with van der Waals surface area (Å²) in [4.78, 5) is 4.05. The molecule has 0 aliphatic heterocycles. The maximum atomic E-state index is 9.03. The third kappa shape index (κ3) is 2.32. The highest BCUT2D eigenvalue weighted by Crippen LogP contribution is 2.20. The van der Waals surface area contributed by atoms with Crippen molar-refractivity contribution >= 4 is 16.5 Å². The van der Waals surface area contributed by atoms with Crippen LogP contribution < -0.4 is 5.32 Å². The summed E-state index contributed by atoms with van der Waals surface area (Å²) in [5.74, 6) is 0. The second-order valence-electron chi connectivity index (χ2n) is 4.50. The number of hydrogen-bond donors (Lipinski definition) is 1. The third-order valence-corrected chi connectivity index (χ3v) is 3.26. The van der Waals surface area contributed by atoms with E-state index in [9.17, 15) is 0 Å². The van der Waals surface area contributed by atoms with Crippen molar-refractivity contribution in [3.63, 3.8) is 0 Å². The van der Waals surface area contributed by atoms with E-state index in [4.69, 9.17) is 5.26 Å². The van der Waals surface area contributed by atoms with Crippen molar-refractivity contribution in [1.82, 2.24) is 4.98 Å². The van der Waals surface area contributed by atoms with E-state index in [1.807, 2.05) is 30.3 Å². The molecule has 20 heavy (non-hydrogen) atoms. The van der Waals surface area contributed by atoms with Gasteiger partial charge in [-0.3, -0.25) is 0 Å². The Labute approximate surface area is 117 Å². The molecule has 3 rings (SSSR count). The SMILES string of the molecule is N#Cc1ncccc1NCc1cccc2ccccc12. The summed E-state index contributed by atoms with van der Waals surface area (Å²) in [5.41, 5.74) is 2.39. The number of benzene rings is 2. The highest BCUT2D eigenvalue weighted by Gasteiger charge is 2.03. The lowest BCUT2D eigenvalue weighted by molar-refractivity contribution is 1.14. The monoisotopic (exact) mass is 259 g/mol. The molecule has 3 aromatic rings. The molecular formula is C17H13N3. The molecule has 0 bridgehead atoms. The zero-order valence-corrected chi connectivity index (χ0v) is 10.9. The van der Waals surface area contributed by atoms with Crippen LogP contribution in [0.2, 0.25) is 0 Å². The van der Waals surface area contributed by atoms with Crippen LogP contribution in [0.15, 0.2) is 60.8 Å². The molecule has 0 spiro atoms. The van der Waals surface area contributed by atoms with Gasteiger partial charge in [0.15, 0.2) is 5.69 Å². The van der Waals surface area contributed by atoms with Crippen LogP contribution in [0.4, 0.5) is 5.69 Å². The molecule has 3 heteroatoms. The van der Waals surface area contributed by atoms with Gasteiger partial charge in [0, 0.05) is 12.7 Å². The van der Waals surface area contributed by atoms with Crippen molar-refractivity contribution in [3.8, 4) is 6.07 Å². The summed E-state index contributed by atoms with van der Waals surface area (Å²) in [5, 5.41) is 14.8. The Balaban J connectivity index is 1.89. The zero-order chi connectivity index (χ0) is 13.8. The van der Waals surface area contributed by atoms with Gasteiger partial charge in [0.25, 0.3) is 0 Å². The Kier molecular flexibility index (Phi) is 3.30. The van der Waals surface area contributed by atoms with E-state index in [-0.39, 0.29) is 0 Å². The van der Waals surface area contributed by atoms with E-state index in [0.29, 0.717) is 12.2 Å². The number of hydrogen-bond acceptors (Lipinski definition) is 3. The van der Waals surface area contributed by atoms with E-state index in [2.05, 4.69) is 40.6 Å². The van der Waals surface area contributed by atoms with Gasteiger partial charge < -0.3 is 5.32 Å². The van der Waals surface area contributed by atoms with Gasteiger partial charge in [-0.2, -0.15) is 5.26 Å². The molecule has 2 aromatic carbocycles. The lowest BCUT2D eigenvalue weighted by Crippen LogP contribution is -2.02. The smallest absolute Gasteiger partial charge is 0.163 e. The standard InChI is InChI=1S/C17H13N3/c18-11-17-16(9-4-10-19-17)20-12-14-7-3-6-13-5-1-2-8-15(13)14/h1-10,20H,12H2. The van der Waals surface area contributed by atoms with Gasteiger partial charge in [0.2, 0.25) is 0 Å².